The lowest BCUT2D eigenvalue weighted by Gasteiger charge is -2.27. The van der Waals surface area contributed by atoms with Crippen molar-refractivity contribution >= 4 is 23.2 Å². The summed E-state index contributed by atoms with van der Waals surface area (Å²) in [6, 6.07) is 7.13. The predicted molar refractivity (Wildman–Crippen MR) is 107 cm³/mol. The van der Waals surface area contributed by atoms with Crippen molar-refractivity contribution in [2.24, 2.45) is 4.99 Å². The van der Waals surface area contributed by atoms with Crippen LogP contribution in [-0.2, 0) is 17.8 Å². The van der Waals surface area contributed by atoms with Crippen LogP contribution in [0.25, 0.3) is 0 Å². The fourth-order valence-corrected chi connectivity index (χ4v) is 3.98. The summed E-state index contributed by atoms with van der Waals surface area (Å²) < 4.78 is 13.8. The van der Waals surface area contributed by atoms with Crippen LogP contribution in [-0.4, -0.2) is 36.9 Å². The van der Waals surface area contributed by atoms with E-state index in [0.717, 1.165) is 18.5 Å². The van der Waals surface area contributed by atoms with Gasteiger partial charge in [0.25, 0.3) is 0 Å². The monoisotopic (exact) mass is 388 g/mol. The van der Waals surface area contributed by atoms with E-state index < -0.39 is 0 Å². The Labute approximate surface area is 163 Å². The van der Waals surface area contributed by atoms with E-state index in [1.165, 1.54) is 16.5 Å². The molecule has 5 nitrogen and oxygen atoms in total. The molecule has 1 aromatic carbocycles. The maximum Gasteiger partial charge on any atom is 0.242 e. The van der Waals surface area contributed by atoms with Crippen molar-refractivity contribution in [2.75, 3.05) is 20.1 Å². The predicted octanol–water partition coefficient (Wildman–Crippen LogP) is 3.01. The minimum absolute atomic E-state index is 0.0452. The van der Waals surface area contributed by atoms with Gasteiger partial charge in [0.1, 0.15) is 5.82 Å². The minimum atomic E-state index is -0.225. The van der Waals surface area contributed by atoms with E-state index in [1.807, 2.05) is 17.9 Å². The molecule has 0 saturated heterocycles. The topological polar surface area (TPSA) is 56.7 Å². The quantitative estimate of drug-likeness (QED) is 0.625. The van der Waals surface area contributed by atoms with E-state index >= 15 is 0 Å². The first-order valence-electron chi connectivity index (χ1n) is 9.04. The fourth-order valence-electron chi connectivity index (χ4n) is 3.09. The van der Waals surface area contributed by atoms with Gasteiger partial charge in [-0.3, -0.25) is 9.79 Å². The Morgan fingerprint density at radius 2 is 2.22 bits per heavy atom. The number of nitrogens with one attached hydrogen (secondary N) is 2. The molecule has 7 heteroatoms. The number of hydrogen-bond donors (Lipinski definition) is 2. The van der Waals surface area contributed by atoms with E-state index in [0.29, 0.717) is 18.1 Å². The average molecular weight is 389 g/mol. The molecule has 0 radical (unpaired) electrons. The second-order valence-corrected chi connectivity index (χ2v) is 7.74. The molecule has 1 aliphatic heterocycles. The summed E-state index contributed by atoms with van der Waals surface area (Å²) >= 11 is 1.76. The molecule has 27 heavy (non-hydrogen) atoms. The highest BCUT2D eigenvalue weighted by Crippen LogP contribution is 2.23. The zero-order chi connectivity index (χ0) is 19.4. The second-order valence-electron chi connectivity index (χ2n) is 6.73. The maximum atomic E-state index is 13.8. The number of thiophene rings is 1. The number of carbonyl (C=O) groups is 1. The lowest BCUT2D eigenvalue weighted by Crippen LogP contribution is -2.46. The van der Waals surface area contributed by atoms with Crippen molar-refractivity contribution in [3.05, 3.63) is 57.0 Å². The smallest absolute Gasteiger partial charge is 0.242 e. The van der Waals surface area contributed by atoms with Crippen LogP contribution in [0, 0.1) is 12.7 Å². The highest BCUT2D eigenvalue weighted by molar-refractivity contribution is 7.10. The van der Waals surface area contributed by atoms with Crippen LogP contribution in [0.1, 0.15) is 34.5 Å². The highest BCUT2D eigenvalue weighted by Gasteiger charge is 2.21. The summed E-state index contributed by atoms with van der Waals surface area (Å²) in [7, 11) is 1.65. The molecular formula is C20H25FN4OS. The molecule has 0 aliphatic carbocycles. The number of carbonyl (C=O) groups excluding carboxylic acids is 1. The molecular weight excluding hydrogens is 363 g/mol. The molecule has 0 fully saturated rings. The Morgan fingerprint density at radius 1 is 1.41 bits per heavy atom. The number of nitrogens with zero attached hydrogens (tertiary/aromatic N) is 2. The number of halogens is 1. The van der Waals surface area contributed by atoms with E-state index in [2.05, 4.69) is 27.1 Å². The van der Waals surface area contributed by atoms with Crippen LogP contribution in [0.2, 0.25) is 0 Å². The lowest BCUT2D eigenvalue weighted by molar-refractivity contribution is -0.130. The molecule has 1 amide bonds. The van der Waals surface area contributed by atoms with Crippen LogP contribution >= 0.6 is 11.3 Å². The summed E-state index contributed by atoms with van der Waals surface area (Å²) in [4.78, 5) is 19.9. The van der Waals surface area contributed by atoms with Gasteiger partial charge in [-0.2, -0.15) is 0 Å². The number of rotatable bonds is 4. The molecule has 2 heterocycles. The van der Waals surface area contributed by atoms with E-state index in [4.69, 9.17) is 0 Å². The summed E-state index contributed by atoms with van der Waals surface area (Å²) in [6.07, 6.45) is 0.918. The summed E-state index contributed by atoms with van der Waals surface area (Å²) in [5.74, 6) is 0.339. The zero-order valence-electron chi connectivity index (χ0n) is 15.9. The van der Waals surface area contributed by atoms with Crippen molar-refractivity contribution in [3.8, 4) is 0 Å². The van der Waals surface area contributed by atoms with Gasteiger partial charge in [-0.15, -0.1) is 11.3 Å². The van der Waals surface area contributed by atoms with Gasteiger partial charge in [0.2, 0.25) is 5.91 Å². The largest absolute Gasteiger partial charge is 0.350 e. The molecule has 2 N–H and O–H groups in total. The summed E-state index contributed by atoms with van der Waals surface area (Å²) in [5, 5.41) is 8.35. The molecule has 0 spiro atoms. The Kier molecular flexibility index (Phi) is 6.11. The Hall–Kier alpha value is -2.41. The van der Waals surface area contributed by atoms with Crippen molar-refractivity contribution in [1.82, 2.24) is 15.5 Å². The summed E-state index contributed by atoms with van der Waals surface area (Å²) in [5.41, 5.74) is 2.69. The number of fused-ring (bicyclic) bond motifs is 1. The molecule has 3 rings (SSSR count). The van der Waals surface area contributed by atoms with Gasteiger partial charge >= 0.3 is 0 Å². The van der Waals surface area contributed by atoms with Crippen molar-refractivity contribution < 1.29 is 9.18 Å². The SMILES string of the molecule is CN=C(NCC(=O)N1CCc2sccc2C1)NC(C)c1ccc(C)c(F)c1. The zero-order valence-corrected chi connectivity index (χ0v) is 16.7. The number of benzene rings is 1. The Bertz CT molecular complexity index is 848. The molecule has 0 bridgehead atoms. The first-order valence-corrected chi connectivity index (χ1v) is 9.92. The van der Waals surface area contributed by atoms with Gasteiger partial charge in [0.15, 0.2) is 5.96 Å². The van der Waals surface area contributed by atoms with Crippen molar-refractivity contribution in [2.45, 2.75) is 32.9 Å². The van der Waals surface area contributed by atoms with Gasteiger partial charge in [0, 0.05) is 25.0 Å². The first kappa shape index (κ1) is 19.4. The Morgan fingerprint density at radius 3 is 2.96 bits per heavy atom. The Balaban J connectivity index is 1.53. The van der Waals surface area contributed by atoms with Gasteiger partial charge in [0.05, 0.1) is 12.6 Å². The van der Waals surface area contributed by atoms with Crippen LogP contribution in [0.4, 0.5) is 4.39 Å². The maximum absolute atomic E-state index is 13.8. The third kappa shape index (κ3) is 4.66. The third-order valence-electron chi connectivity index (χ3n) is 4.84. The van der Waals surface area contributed by atoms with Gasteiger partial charge in [-0.25, -0.2) is 4.39 Å². The van der Waals surface area contributed by atoms with Crippen LogP contribution in [0.15, 0.2) is 34.6 Å². The van der Waals surface area contributed by atoms with E-state index in [-0.39, 0.29) is 24.3 Å². The van der Waals surface area contributed by atoms with Crippen LogP contribution in [0.5, 0.6) is 0 Å². The number of hydrogen-bond acceptors (Lipinski definition) is 3. The molecule has 144 valence electrons. The van der Waals surface area contributed by atoms with E-state index in [9.17, 15) is 9.18 Å². The number of aryl methyl sites for hydroxylation is 1. The standard InChI is InChI=1S/C20H25FN4OS/c1-13-4-5-15(10-17(13)21)14(2)24-20(22-3)23-11-19(26)25-8-6-18-16(12-25)7-9-27-18/h4-5,7,9-10,14H,6,8,11-12H2,1-3H3,(H2,22,23,24). The fraction of sp³-hybridized carbons (Fsp3) is 0.400. The highest BCUT2D eigenvalue weighted by atomic mass is 32.1. The van der Waals surface area contributed by atoms with E-state index in [1.54, 1.807) is 31.4 Å². The summed E-state index contributed by atoms with van der Waals surface area (Å²) in [6.45, 7) is 5.27. The van der Waals surface area contributed by atoms with Crippen LogP contribution < -0.4 is 10.6 Å². The van der Waals surface area contributed by atoms with Crippen LogP contribution in [0.3, 0.4) is 0 Å². The second kappa shape index (κ2) is 8.52. The number of guanidine groups is 1. The average Bonchev–Trinajstić information content (AvgIpc) is 3.14. The molecule has 2 aromatic rings. The molecule has 1 aliphatic rings. The lowest BCUT2D eigenvalue weighted by atomic mass is 10.1. The van der Waals surface area contributed by atoms with Crippen molar-refractivity contribution in [1.29, 1.82) is 0 Å². The molecule has 0 saturated carbocycles. The molecule has 1 unspecified atom stereocenters. The van der Waals surface area contributed by atoms with Gasteiger partial charge in [-0.05, 0) is 54.5 Å². The van der Waals surface area contributed by atoms with Crippen molar-refractivity contribution in [3.63, 3.8) is 0 Å². The van der Waals surface area contributed by atoms with Gasteiger partial charge in [-0.1, -0.05) is 12.1 Å². The third-order valence-corrected chi connectivity index (χ3v) is 5.86. The van der Waals surface area contributed by atoms with Gasteiger partial charge < -0.3 is 15.5 Å². The molecule has 1 atom stereocenters. The number of aliphatic imine (C=N–C) groups is 1. The molecule has 1 aromatic heterocycles. The number of amides is 1. The normalized spacial score (nSPS) is 15.3. The minimum Gasteiger partial charge on any atom is -0.350 e. The first-order chi connectivity index (χ1) is 13.0.